The average molecular weight is 365 g/mol. The van der Waals surface area contributed by atoms with Crippen LogP contribution in [0, 0.1) is 5.92 Å². The number of amides is 2. The van der Waals surface area contributed by atoms with Gasteiger partial charge in [0.2, 0.25) is 11.8 Å². The van der Waals surface area contributed by atoms with Crippen molar-refractivity contribution in [1.82, 2.24) is 10.3 Å². The van der Waals surface area contributed by atoms with E-state index >= 15 is 0 Å². The molecular weight excluding hydrogens is 349 g/mol. The molecule has 132 valence electrons. The van der Waals surface area contributed by atoms with Crippen molar-refractivity contribution in [2.75, 3.05) is 24.5 Å². The van der Waals surface area contributed by atoms with Gasteiger partial charge in [0.15, 0.2) is 0 Å². The average Bonchev–Trinajstić information content (AvgIpc) is 2.52. The van der Waals surface area contributed by atoms with Gasteiger partial charge in [-0.25, -0.2) is 4.98 Å². The molecule has 0 unspecified atom stereocenters. The SMILES string of the molecule is NC(=O)CNC(=O)C1CCN(c2ncc(C(F)(F)F)cc2Cl)CC1. The second-order valence-corrected chi connectivity index (χ2v) is 5.88. The van der Waals surface area contributed by atoms with Crippen molar-refractivity contribution in [3.63, 3.8) is 0 Å². The first-order valence-corrected chi connectivity index (χ1v) is 7.60. The summed E-state index contributed by atoms with van der Waals surface area (Å²) in [4.78, 5) is 28.1. The van der Waals surface area contributed by atoms with E-state index in [4.69, 9.17) is 17.3 Å². The van der Waals surface area contributed by atoms with Gasteiger partial charge in [-0.3, -0.25) is 9.59 Å². The monoisotopic (exact) mass is 364 g/mol. The van der Waals surface area contributed by atoms with Crippen LogP contribution in [0.1, 0.15) is 18.4 Å². The van der Waals surface area contributed by atoms with Gasteiger partial charge in [0.05, 0.1) is 17.1 Å². The molecule has 1 aliphatic heterocycles. The molecule has 0 bridgehead atoms. The molecular formula is C14H16ClF3N4O2. The molecule has 0 radical (unpaired) electrons. The Morgan fingerprint density at radius 1 is 1.38 bits per heavy atom. The van der Waals surface area contributed by atoms with Gasteiger partial charge < -0.3 is 16.0 Å². The van der Waals surface area contributed by atoms with Crippen LogP contribution in [0.15, 0.2) is 12.3 Å². The molecule has 10 heteroatoms. The summed E-state index contributed by atoms with van der Waals surface area (Å²) in [6.07, 6.45) is -2.80. The Morgan fingerprint density at radius 3 is 2.50 bits per heavy atom. The van der Waals surface area contributed by atoms with E-state index in [1.54, 1.807) is 4.90 Å². The second kappa shape index (κ2) is 7.25. The lowest BCUT2D eigenvalue weighted by atomic mass is 9.96. The number of nitrogens with zero attached hydrogens (tertiary/aromatic N) is 2. The van der Waals surface area contributed by atoms with Gasteiger partial charge in [-0.1, -0.05) is 11.6 Å². The predicted molar refractivity (Wildman–Crippen MR) is 81.4 cm³/mol. The van der Waals surface area contributed by atoms with Crippen LogP contribution in [0.5, 0.6) is 0 Å². The molecule has 0 saturated carbocycles. The van der Waals surface area contributed by atoms with Crippen LogP contribution < -0.4 is 16.0 Å². The van der Waals surface area contributed by atoms with E-state index in [2.05, 4.69) is 10.3 Å². The quantitative estimate of drug-likeness (QED) is 0.849. The number of alkyl halides is 3. The van der Waals surface area contributed by atoms with E-state index in [0.29, 0.717) is 25.9 Å². The summed E-state index contributed by atoms with van der Waals surface area (Å²) in [5.74, 6) is -0.907. The molecule has 1 fully saturated rings. The van der Waals surface area contributed by atoms with Crippen molar-refractivity contribution in [3.05, 3.63) is 22.8 Å². The fourth-order valence-electron chi connectivity index (χ4n) is 2.49. The van der Waals surface area contributed by atoms with Gasteiger partial charge in [0, 0.05) is 25.2 Å². The second-order valence-electron chi connectivity index (χ2n) is 5.47. The topological polar surface area (TPSA) is 88.3 Å². The predicted octanol–water partition coefficient (Wildman–Crippen LogP) is 1.57. The Labute approximate surface area is 141 Å². The highest BCUT2D eigenvalue weighted by Gasteiger charge is 2.33. The Morgan fingerprint density at radius 2 is 2.00 bits per heavy atom. The van der Waals surface area contributed by atoms with Crippen LogP contribution >= 0.6 is 11.6 Å². The highest BCUT2D eigenvalue weighted by molar-refractivity contribution is 6.33. The molecule has 0 spiro atoms. The van der Waals surface area contributed by atoms with Crippen LogP contribution in [0.4, 0.5) is 19.0 Å². The number of halogens is 4. The van der Waals surface area contributed by atoms with Crippen molar-refractivity contribution in [1.29, 1.82) is 0 Å². The van der Waals surface area contributed by atoms with Crippen molar-refractivity contribution < 1.29 is 22.8 Å². The number of pyridine rings is 1. The number of anilines is 1. The number of hydrogen-bond donors (Lipinski definition) is 2. The molecule has 24 heavy (non-hydrogen) atoms. The molecule has 1 aromatic heterocycles. The number of carbonyl (C=O) groups excluding carboxylic acids is 2. The molecule has 2 amide bonds. The molecule has 1 aliphatic rings. The fourth-order valence-corrected chi connectivity index (χ4v) is 2.78. The summed E-state index contributed by atoms with van der Waals surface area (Å²) in [5, 5.41) is 2.36. The minimum atomic E-state index is -4.50. The maximum atomic E-state index is 12.6. The lowest BCUT2D eigenvalue weighted by Gasteiger charge is -2.32. The molecule has 1 aromatic rings. The zero-order chi connectivity index (χ0) is 17.9. The molecule has 2 rings (SSSR count). The largest absolute Gasteiger partial charge is 0.417 e. The van der Waals surface area contributed by atoms with Crippen molar-refractivity contribution in [3.8, 4) is 0 Å². The molecule has 1 saturated heterocycles. The van der Waals surface area contributed by atoms with Crippen LogP contribution in [0.25, 0.3) is 0 Å². The number of nitrogens with two attached hydrogens (primary N) is 1. The summed E-state index contributed by atoms with van der Waals surface area (Å²) in [6.45, 7) is 0.630. The number of primary amides is 1. The Bertz CT molecular complexity index is 631. The van der Waals surface area contributed by atoms with Gasteiger partial charge in [0.1, 0.15) is 5.82 Å². The highest BCUT2D eigenvalue weighted by atomic mass is 35.5. The van der Waals surface area contributed by atoms with E-state index in [0.717, 1.165) is 12.3 Å². The summed E-state index contributed by atoms with van der Waals surface area (Å²) in [6, 6.07) is 0.843. The highest BCUT2D eigenvalue weighted by Crippen LogP contribution is 2.34. The summed E-state index contributed by atoms with van der Waals surface area (Å²) < 4.78 is 37.9. The maximum Gasteiger partial charge on any atom is 0.417 e. The van der Waals surface area contributed by atoms with Gasteiger partial charge >= 0.3 is 6.18 Å². The molecule has 6 nitrogen and oxygen atoms in total. The van der Waals surface area contributed by atoms with Gasteiger partial charge in [-0.2, -0.15) is 13.2 Å². The molecule has 0 atom stereocenters. The third kappa shape index (κ3) is 4.50. The van der Waals surface area contributed by atoms with Gasteiger partial charge in [-0.15, -0.1) is 0 Å². The number of aromatic nitrogens is 1. The van der Waals surface area contributed by atoms with Crippen LogP contribution in [-0.2, 0) is 15.8 Å². The zero-order valence-electron chi connectivity index (χ0n) is 12.6. The number of piperidine rings is 1. The third-order valence-corrected chi connectivity index (χ3v) is 4.03. The molecule has 0 aliphatic carbocycles. The van der Waals surface area contributed by atoms with E-state index in [1.807, 2.05) is 0 Å². The molecule has 0 aromatic carbocycles. The lowest BCUT2D eigenvalue weighted by Crippen LogP contribution is -2.43. The number of hydrogen-bond acceptors (Lipinski definition) is 4. The van der Waals surface area contributed by atoms with Gasteiger partial charge in [-0.05, 0) is 18.9 Å². The number of nitrogens with one attached hydrogen (secondary N) is 1. The minimum Gasteiger partial charge on any atom is -0.368 e. The lowest BCUT2D eigenvalue weighted by molar-refractivity contribution is -0.137. The standard InChI is InChI=1S/C14H16ClF3N4O2/c15-10-5-9(14(16,17)18)6-20-12(10)22-3-1-8(2-4-22)13(24)21-7-11(19)23/h5-6,8H,1-4,7H2,(H2,19,23)(H,21,24). The third-order valence-electron chi connectivity index (χ3n) is 3.75. The van der Waals surface area contributed by atoms with E-state index in [9.17, 15) is 22.8 Å². The number of carbonyl (C=O) groups is 2. The smallest absolute Gasteiger partial charge is 0.368 e. The molecule has 2 heterocycles. The minimum absolute atomic E-state index is 0.0820. The normalized spacial score (nSPS) is 16.1. The number of rotatable bonds is 4. The first-order valence-electron chi connectivity index (χ1n) is 7.22. The van der Waals surface area contributed by atoms with Crippen LogP contribution in [0.3, 0.4) is 0 Å². The van der Waals surface area contributed by atoms with E-state index in [-0.39, 0.29) is 29.2 Å². The van der Waals surface area contributed by atoms with Crippen molar-refractivity contribution >= 4 is 29.2 Å². The first-order chi connectivity index (χ1) is 11.2. The molecule has 3 N–H and O–H groups in total. The van der Waals surface area contributed by atoms with Crippen molar-refractivity contribution in [2.45, 2.75) is 19.0 Å². The van der Waals surface area contributed by atoms with E-state index < -0.39 is 17.6 Å². The van der Waals surface area contributed by atoms with Crippen LogP contribution in [-0.4, -0.2) is 36.4 Å². The zero-order valence-corrected chi connectivity index (χ0v) is 13.3. The summed E-state index contributed by atoms with van der Waals surface area (Å²) in [5.41, 5.74) is 4.06. The summed E-state index contributed by atoms with van der Waals surface area (Å²) in [7, 11) is 0. The summed E-state index contributed by atoms with van der Waals surface area (Å²) >= 11 is 5.92. The fraction of sp³-hybridized carbons (Fsp3) is 0.500. The maximum absolute atomic E-state index is 12.6. The van der Waals surface area contributed by atoms with E-state index in [1.165, 1.54) is 0 Å². The first kappa shape index (κ1) is 18.3. The van der Waals surface area contributed by atoms with Crippen molar-refractivity contribution in [2.24, 2.45) is 11.7 Å². The Kier molecular flexibility index (Phi) is 5.53. The van der Waals surface area contributed by atoms with Crippen LogP contribution in [0.2, 0.25) is 5.02 Å². The Hall–Kier alpha value is -2.03. The van der Waals surface area contributed by atoms with Gasteiger partial charge in [0.25, 0.3) is 0 Å². The Balaban J connectivity index is 1.97.